The van der Waals surface area contributed by atoms with Crippen molar-refractivity contribution in [3.05, 3.63) is 36.9 Å². The van der Waals surface area contributed by atoms with Crippen LogP contribution in [0, 0.1) is 13.7 Å². The fourth-order valence-electron chi connectivity index (χ4n) is 1.72. The van der Waals surface area contributed by atoms with Gasteiger partial charge in [0.25, 0.3) is 5.69 Å². The fraction of sp³-hybridized carbons (Fsp3) is 0.333. The first-order valence-electron chi connectivity index (χ1n) is 4.35. The first-order chi connectivity index (χ1) is 6.68. The molecule has 2 rings (SSSR count). The van der Waals surface area contributed by atoms with E-state index in [1.54, 1.807) is 6.07 Å². The highest BCUT2D eigenvalue weighted by atomic mass is 127. The molecule has 1 aliphatic rings. The zero-order chi connectivity index (χ0) is 10.1. The molecule has 0 saturated carbocycles. The minimum absolute atomic E-state index is 0.272. The molecular formula is C9H9IN2O2. The number of benzene rings is 1. The summed E-state index contributed by atoms with van der Waals surface area (Å²) in [6, 6.07) is 3.65. The molecule has 0 aromatic heterocycles. The fourth-order valence-corrected chi connectivity index (χ4v) is 2.39. The van der Waals surface area contributed by atoms with Crippen LogP contribution in [0.2, 0.25) is 0 Å². The van der Waals surface area contributed by atoms with Crippen LogP contribution in [-0.4, -0.2) is 11.5 Å². The van der Waals surface area contributed by atoms with E-state index >= 15 is 0 Å². The molecule has 0 fully saturated rings. The average molecular weight is 304 g/mol. The van der Waals surface area contributed by atoms with E-state index in [2.05, 4.69) is 27.9 Å². The van der Waals surface area contributed by atoms with Crippen LogP contribution in [0.4, 0.5) is 5.69 Å². The number of nitro benzene ring substituents is 1. The molecule has 0 atom stereocenters. The van der Waals surface area contributed by atoms with Gasteiger partial charge < -0.3 is 5.32 Å². The van der Waals surface area contributed by atoms with Gasteiger partial charge >= 0.3 is 0 Å². The standard InChI is InChI=1S/C9H9IN2O2/c10-7-3-6-5-11-2-1-8(6)9(4-7)12(13)14/h3-4,11H,1-2,5H2. The highest BCUT2D eigenvalue weighted by Crippen LogP contribution is 2.27. The van der Waals surface area contributed by atoms with Crippen molar-refractivity contribution in [1.82, 2.24) is 5.32 Å². The quantitative estimate of drug-likeness (QED) is 0.489. The number of fused-ring (bicyclic) bond motifs is 1. The molecule has 1 aromatic carbocycles. The Labute approximate surface area is 95.0 Å². The molecule has 1 heterocycles. The van der Waals surface area contributed by atoms with Crippen LogP contribution in [0.3, 0.4) is 0 Å². The first kappa shape index (κ1) is 9.85. The third-order valence-corrected chi connectivity index (χ3v) is 2.97. The number of nitrogens with one attached hydrogen (secondary N) is 1. The molecule has 0 radical (unpaired) electrons. The topological polar surface area (TPSA) is 55.2 Å². The maximum Gasteiger partial charge on any atom is 0.274 e. The van der Waals surface area contributed by atoms with Gasteiger partial charge in [-0.3, -0.25) is 10.1 Å². The summed E-state index contributed by atoms with van der Waals surface area (Å²) in [5.74, 6) is 0. The lowest BCUT2D eigenvalue weighted by Crippen LogP contribution is -2.24. The molecule has 4 nitrogen and oxygen atoms in total. The van der Waals surface area contributed by atoms with Crippen molar-refractivity contribution < 1.29 is 4.92 Å². The van der Waals surface area contributed by atoms with Gasteiger partial charge in [0.15, 0.2) is 0 Å². The van der Waals surface area contributed by atoms with E-state index in [4.69, 9.17) is 0 Å². The van der Waals surface area contributed by atoms with Crippen molar-refractivity contribution >= 4 is 28.3 Å². The second-order valence-electron chi connectivity index (χ2n) is 3.25. The third kappa shape index (κ3) is 1.74. The van der Waals surface area contributed by atoms with Gasteiger partial charge in [-0.15, -0.1) is 0 Å². The van der Waals surface area contributed by atoms with Crippen molar-refractivity contribution in [1.29, 1.82) is 0 Å². The minimum atomic E-state index is -0.285. The second-order valence-corrected chi connectivity index (χ2v) is 4.49. The van der Waals surface area contributed by atoms with Crippen LogP contribution >= 0.6 is 22.6 Å². The Kier molecular flexibility index (Phi) is 2.69. The summed E-state index contributed by atoms with van der Waals surface area (Å²) >= 11 is 2.11. The van der Waals surface area contributed by atoms with Crippen molar-refractivity contribution in [2.45, 2.75) is 13.0 Å². The highest BCUT2D eigenvalue weighted by Gasteiger charge is 2.20. The minimum Gasteiger partial charge on any atom is -0.312 e. The van der Waals surface area contributed by atoms with Crippen LogP contribution in [0.1, 0.15) is 11.1 Å². The number of rotatable bonds is 1. The van der Waals surface area contributed by atoms with Gasteiger partial charge in [0.1, 0.15) is 0 Å². The smallest absolute Gasteiger partial charge is 0.274 e. The predicted octanol–water partition coefficient (Wildman–Crippen LogP) is 1.85. The molecule has 1 aliphatic heterocycles. The number of nitro groups is 1. The average Bonchev–Trinajstić information content (AvgIpc) is 2.16. The summed E-state index contributed by atoms with van der Waals surface area (Å²) in [5.41, 5.74) is 2.23. The summed E-state index contributed by atoms with van der Waals surface area (Å²) in [4.78, 5) is 10.5. The van der Waals surface area contributed by atoms with Gasteiger partial charge in [0.2, 0.25) is 0 Å². The molecule has 0 bridgehead atoms. The molecule has 5 heteroatoms. The predicted molar refractivity (Wildman–Crippen MR) is 61.2 cm³/mol. The summed E-state index contributed by atoms with van der Waals surface area (Å²) in [6.07, 6.45) is 0.753. The monoisotopic (exact) mass is 304 g/mol. The van der Waals surface area contributed by atoms with E-state index in [0.29, 0.717) is 0 Å². The second kappa shape index (κ2) is 3.82. The largest absolute Gasteiger partial charge is 0.312 e. The van der Waals surface area contributed by atoms with Crippen molar-refractivity contribution in [3.8, 4) is 0 Å². The van der Waals surface area contributed by atoms with Gasteiger partial charge in [-0.2, -0.15) is 0 Å². The number of nitrogens with zero attached hydrogens (tertiary/aromatic N) is 1. The number of halogens is 1. The molecule has 0 aliphatic carbocycles. The van der Waals surface area contributed by atoms with E-state index in [9.17, 15) is 10.1 Å². The Morgan fingerprint density at radius 3 is 3.00 bits per heavy atom. The normalized spacial score (nSPS) is 14.9. The molecule has 0 saturated heterocycles. The van der Waals surface area contributed by atoms with E-state index < -0.39 is 0 Å². The molecular weight excluding hydrogens is 295 g/mol. The lowest BCUT2D eigenvalue weighted by Gasteiger charge is -2.16. The van der Waals surface area contributed by atoms with Crippen LogP contribution in [0.25, 0.3) is 0 Å². The van der Waals surface area contributed by atoms with Crippen molar-refractivity contribution in [3.63, 3.8) is 0 Å². The van der Waals surface area contributed by atoms with Gasteiger partial charge in [-0.1, -0.05) is 0 Å². The first-order valence-corrected chi connectivity index (χ1v) is 5.43. The van der Waals surface area contributed by atoms with Crippen LogP contribution in [-0.2, 0) is 13.0 Å². The van der Waals surface area contributed by atoms with Gasteiger partial charge in [0, 0.05) is 21.7 Å². The maximum absolute atomic E-state index is 10.8. The number of hydrogen-bond donors (Lipinski definition) is 1. The lowest BCUT2D eigenvalue weighted by atomic mass is 9.99. The van der Waals surface area contributed by atoms with Crippen LogP contribution in [0.5, 0.6) is 0 Å². The molecule has 74 valence electrons. The Morgan fingerprint density at radius 2 is 2.29 bits per heavy atom. The maximum atomic E-state index is 10.8. The number of hydrogen-bond acceptors (Lipinski definition) is 3. The lowest BCUT2D eigenvalue weighted by molar-refractivity contribution is -0.385. The SMILES string of the molecule is O=[N+]([O-])c1cc(I)cc2c1CCNC2. The molecule has 14 heavy (non-hydrogen) atoms. The molecule has 0 amide bonds. The van der Waals surface area contributed by atoms with E-state index in [1.165, 1.54) is 0 Å². The Balaban J connectivity index is 2.58. The van der Waals surface area contributed by atoms with Crippen molar-refractivity contribution in [2.24, 2.45) is 0 Å². The molecule has 1 N–H and O–H groups in total. The molecule has 0 spiro atoms. The van der Waals surface area contributed by atoms with Crippen molar-refractivity contribution in [2.75, 3.05) is 6.54 Å². The van der Waals surface area contributed by atoms with E-state index in [1.807, 2.05) is 6.07 Å². The molecule has 0 unspecified atom stereocenters. The van der Waals surface area contributed by atoms with Crippen LogP contribution in [0.15, 0.2) is 12.1 Å². The summed E-state index contributed by atoms with van der Waals surface area (Å²) in [7, 11) is 0. The zero-order valence-electron chi connectivity index (χ0n) is 7.42. The Bertz CT molecular complexity index is 393. The van der Waals surface area contributed by atoms with Crippen LogP contribution < -0.4 is 5.32 Å². The summed E-state index contributed by atoms with van der Waals surface area (Å²) in [5, 5.41) is 14.0. The Hall–Kier alpha value is -0.690. The van der Waals surface area contributed by atoms with Gasteiger partial charge in [-0.05, 0) is 47.2 Å². The third-order valence-electron chi connectivity index (χ3n) is 2.35. The summed E-state index contributed by atoms with van der Waals surface area (Å²) in [6.45, 7) is 1.57. The summed E-state index contributed by atoms with van der Waals surface area (Å²) < 4.78 is 0.928. The zero-order valence-corrected chi connectivity index (χ0v) is 9.58. The highest BCUT2D eigenvalue weighted by molar-refractivity contribution is 14.1. The molecule has 1 aromatic rings. The van der Waals surface area contributed by atoms with Gasteiger partial charge in [-0.25, -0.2) is 0 Å². The van der Waals surface area contributed by atoms with E-state index in [0.717, 1.165) is 34.2 Å². The van der Waals surface area contributed by atoms with Gasteiger partial charge in [0.05, 0.1) is 4.92 Å². The Morgan fingerprint density at radius 1 is 1.50 bits per heavy atom. The van der Waals surface area contributed by atoms with E-state index in [-0.39, 0.29) is 10.6 Å².